The number of methoxy groups -OCH3 is 1. The molecule has 1 amide bonds. The van der Waals surface area contributed by atoms with Gasteiger partial charge in [-0.1, -0.05) is 11.3 Å². The van der Waals surface area contributed by atoms with E-state index in [-0.39, 0.29) is 26.5 Å². The van der Waals surface area contributed by atoms with E-state index in [0.29, 0.717) is 0 Å². The first kappa shape index (κ1) is 15.4. The molecule has 2 heterocycles. The zero-order valence-electron chi connectivity index (χ0n) is 11.2. The SMILES string of the molecule is COc1ncccc1C(=O)Nc1nc(C)c(S(N)(=O)=O)s1. The van der Waals surface area contributed by atoms with E-state index in [1.807, 2.05) is 0 Å². The van der Waals surface area contributed by atoms with Crippen LogP contribution >= 0.6 is 11.3 Å². The summed E-state index contributed by atoms with van der Waals surface area (Å²) in [5.74, 6) is -0.343. The number of nitrogens with one attached hydrogen (secondary N) is 1. The quantitative estimate of drug-likeness (QED) is 0.853. The molecule has 0 unspecified atom stereocenters. The third kappa shape index (κ3) is 3.35. The lowest BCUT2D eigenvalue weighted by Gasteiger charge is -2.05. The summed E-state index contributed by atoms with van der Waals surface area (Å²) < 4.78 is 27.6. The number of carbonyl (C=O) groups excluding carboxylic acids is 1. The average Bonchev–Trinajstić information content (AvgIpc) is 2.79. The molecule has 3 N–H and O–H groups in total. The number of amides is 1. The number of hydrogen-bond acceptors (Lipinski definition) is 7. The second-order valence-corrected chi connectivity index (χ2v) is 6.71. The largest absolute Gasteiger partial charge is 0.480 e. The zero-order chi connectivity index (χ0) is 15.6. The molecule has 0 aliphatic rings. The molecular formula is C11H12N4O4S2. The molecule has 0 aliphatic heterocycles. The molecule has 2 aromatic heterocycles. The Morgan fingerprint density at radius 1 is 1.48 bits per heavy atom. The van der Waals surface area contributed by atoms with Crippen molar-refractivity contribution in [3.05, 3.63) is 29.6 Å². The number of primary sulfonamides is 1. The molecule has 21 heavy (non-hydrogen) atoms. The Bertz CT molecular complexity index is 785. The standard InChI is InChI=1S/C11H12N4O4S2/c1-6-10(21(12,17)18)20-11(14-6)15-8(16)7-4-3-5-13-9(7)19-2/h3-5H,1-2H3,(H2,12,17,18)(H,14,15,16). The number of pyridine rings is 1. The van der Waals surface area contributed by atoms with Crippen molar-refractivity contribution < 1.29 is 17.9 Å². The summed E-state index contributed by atoms with van der Waals surface area (Å²) in [7, 11) is -2.46. The molecule has 2 aromatic rings. The molecule has 112 valence electrons. The Labute approximate surface area is 125 Å². The van der Waals surface area contributed by atoms with Crippen LogP contribution in [-0.2, 0) is 10.0 Å². The van der Waals surface area contributed by atoms with Crippen molar-refractivity contribution in [2.24, 2.45) is 5.14 Å². The molecule has 0 fully saturated rings. The molecule has 10 heteroatoms. The minimum atomic E-state index is -3.86. The molecule has 0 bridgehead atoms. The number of aromatic nitrogens is 2. The van der Waals surface area contributed by atoms with Gasteiger partial charge in [-0.2, -0.15) is 0 Å². The average molecular weight is 328 g/mol. The van der Waals surface area contributed by atoms with Gasteiger partial charge in [-0.25, -0.2) is 23.5 Å². The molecule has 0 spiro atoms. The molecule has 0 aliphatic carbocycles. The summed E-state index contributed by atoms with van der Waals surface area (Å²) in [4.78, 5) is 20.0. The van der Waals surface area contributed by atoms with Gasteiger partial charge in [0.2, 0.25) is 15.9 Å². The first-order valence-electron chi connectivity index (χ1n) is 5.63. The maximum Gasteiger partial charge on any atom is 0.262 e. The maximum atomic E-state index is 12.1. The summed E-state index contributed by atoms with van der Waals surface area (Å²) in [6.07, 6.45) is 1.49. The van der Waals surface area contributed by atoms with Crippen molar-refractivity contribution in [1.29, 1.82) is 0 Å². The van der Waals surface area contributed by atoms with Gasteiger partial charge in [0, 0.05) is 6.20 Å². The first-order valence-corrected chi connectivity index (χ1v) is 8.00. The summed E-state index contributed by atoms with van der Waals surface area (Å²) in [5, 5.41) is 7.69. The smallest absolute Gasteiger partial charge is 0.262 e. The molecule has 0 aromatic carbocycles. The Kier molecular flexibility index (Phi) is 4.21. The fourth-order valence-corrected chi connectivity index (χ4v) is 3.44. The third-order valence-electron chi connectivity index (χ3n) is 2.44. The Morgan fingerprint density at radius 3 is 2.76 bits per heavy atom. The molecule has 2 rings (SSSR count). The minimum Gasteiger partial charge on any atom is -0.480 e. The van der Waals surface area contributed by atoms with E-state index >= 15 is 0 Å². The lowest BCUT2D eigenvalue weighted by molar-refractivity contribution is 0.102. The lowest BCUT2D eigenvalue weighted by atomic mass is 10.2. The van der Waals surface area contributed by atoms with Gasteiger partial charge >= 0.3 is 0 Å². The van der Waals surface area contributed by atoms with Crippen LogP contribution in [0.25, 0.3) is 0 Å². The third-order valence-corrected chi connectivity index (χ3v) is 5.07. The van der Waals surface area contributed by atoms with Crippen molar-refractivity contribution in [2.45, 2.75) is 11.1 Å². The van der Waals surface area contributed by atoms with E-state index in [1.165, 1.54) is 26.3 Å². The minimum absolute atomic E-state index is 0.0871. The first-order chi connectivity index (χ1) is 9.82. The molecule has 8 nitrogen and oxygen atoms in total. The number of rotatable bonds is 4. The van der Waals surface area contributed by atoms with Crippen molar-refractivity contribution >= 4 is 32.4 Å². The summed E-state index contributed by atoms with van der Waals surface area (Å²) in [6.45, 7) is 1.50. The van der Waals surface area contributed by atoms with Crippen molar-refractivity contribution in [1.82, 2.24) is 9.97 Å². The van der Waals surface area contributed by atoms with E-state index in [0.717, 1.165) is 11.3 Å². The van der Waals surface area contributed by atoms with Crippen LogP contribution < -0.4 is 15.2 Å². The van der Waals surface area contributed by atoms with Crippen LogP contribution in [0.2, 0.25) is 0 Å². The molecule has 0 radical (unpaired) electrons. The van der Waals surface area contributed by atoms with Gasteiger partial charge < -0.3 is 4.74 Å². The Balaban J connectivity index is 2.29. The van der Waals surface area contributed by atoms with Crippen LogP contribution in [0.5, 0.6) is 5.88 Å². The van der Waals surface area contributed by atoms with Gasteiger partial charge in [0.15, 0.2) is 9.34 Å². The number of nitrogens with zero attached hydrogens (tertiary/aromatic N) is 2. The topological polar surface area (TPSA) is 124 Å². The number of aryl methyl sites for hydroxylation is 1. The van der Waals surface area contributed by atoms with Crippen LogP contribution in [-0.4, -0.2) is 31.4 Å². The zero-order valence-corrected chi connectivity index (χ0v) is 12.8. The van der Waals surface area contributed by atoms with E-state index in [9.17, 15) is 13.2 Å². The number of anilines is 1. The molecular weight excluding hydrogens is 316 g/mol. The normalized spacial score (nSPS) is 11.2. The second kappa shape index (κ2) is 5.76. The Hall–Kier alpha value is -2.04. The van der Waals surface area contributed by atoms with Crippen LogP contribution in [0.15, 0.2) is 22.5 Å². The van der Waals surface area contributed by atoms with Crippen LogP contribution in [0.1, 0.15) is 16.1 Å². The molecule has 0 atom stereocenters. The van der Waals surface area contributed by atoms with Gasteiger partial charge in [0.05, 0.1) is 12.8 Å². The van der Waals surface area contributed by atoms with Gasteiger partial charge in [-0.15, -0.1) is 0 Å². The highest BCUT2D eigenvalue weighted by Crippen LogP contribution is 2.26. The van der Waals surface area contributed by atoms with Crippen LogP contribution in [0.3, 0.4) is 0 Å². The number of thiazole rings is 1. The molecule has 0 saturated heterocycles. The molecule has 0 saturated carbocycles. The van der Waals surface area contributed by atoms with E-state index in [4.69, 9.17) is 9.88 Å². The summed E-state index contributed by atoms with van der Waals surface area (Å²) >= 11 is 0.786. The van der Waals surface area contributed by atoms with Gasteiger partial charge in [-0.05, 0) is 19.1 Å². The van der Waals surface area contributed by atoms with Crippen LogP contribution in [0, 0.1) is 6.92 Å². The highest BCUT2D eigenvalue weighted by Gasteiger charge is 2.20. The highest BCUT2D eigenvalue weighted by molar-refractivity contribution is 7.91. The van der Waals surface area contributed by atoms with Crippen molar-refractivity contribution in [3.63, 3.8) is 0 Å². The van der Waals surface area contributed by atoms with Crippen molar-refractivity contribution in [2.75, 3.05) is 12.4 Å². The predicted octanol–water partition coefficient (Wildman–Crippen LogP) is 0.755. The van der Waals surface area contributed by atoms with Gasteiger partial charge in [-0.3, -0.25) is 10.1 Å². The monoisotopic (exact) mass is 328 g/mol. The number of sulfonamides is 1. The van der Waals surface area contributed by atoms with Gasteiger partial charge in [0.1, 0.15) is 5.56 Å². The predicted molar refractivity (Wildman–Crippen MR) is 77.0 cm³/mol. The maximum absolute atomic E-state index is 12.1. The van der Waals surface area contributed by atoms with Crippen molar-refractivity contribution in [3.8, 4) is 5.88 Å². The number of nitrogens with two attached hydrogens (primary N) is 1. The fourth-order valence-electron chi connectivity index (χ4n) is 1.59. The van der Waals surface area contributed by atoms with Gasteiger partial charge in [0.25, 0.3) is 5.91 Å². The number of carbonyl (C=O) groups is 1. The number of hydrogen-bond donors (Lipinski definition) is 2. The summed E-state index contributed by atoms with van der Waals surface area (Å²) in [6, 6.07) is 3.11. The highest BCUT2D eigenvalue weighted by atomic mass is 32.2. The second-order valence-electron chi connectivity index (χ2n) is 3.95. The summed E-state index contributed by atoms with van der Waals surface area (Å²) in [5.41, 5.74) is 0.445. The van der Waals surface area contributed by atoms with E-state index in [1.54, 1.807) is 6.07 Å². The van der Waals surface area contributed by atoms with E-state index in [2.05, 4.69) is 15.3 Å². The number of ether oxygens (including phenoxy) is 1. The lowest BCUT2D eigenvalue weighted by Crippen LogP contribution is -2.13. The van der Waals surface area contributed by atoms with Crippen LogP contribution in [0.4, 0.5) is 5.13 Å². The fraction of sp³-hybridized carbons (Fsp3) is 0.182. The Morgan fingerprint density at radius 2 is 2.19 bits per heavy atom. The van der Waals surface area contributed by atoms with E-state index < -0.39 is 15.9 Å².